The zero-order chi connectivity index (χ0) is 11.4. The topological polar surface area (TPSA) is 32.3 Å². The van der Waals surface area contributed by atoms with E-state index in [1.165, 1.54) is 12.8 Å². The fourth-order valence-electron chi connectivity index (χ4n) is 2.55. The summed E-state index contributed by atoms with van der Waals surface area (Å²) >= 11 is 1.97. The maximum atomic E-state index is 12.2. The molecule has 3 nitrogen and oxygen atoms in total. The van der Waals surface area contributed by atoms with Gasteiger partial charge in [0.2, 0.25) is 5.91 Å². The van der Waals surface area contributed by atoms with Crippen molar-refractivity contribution in [3.05, 3.63) is 0 Å². The number of halogens is 1. The molecule has 1 unspecified atom stereocenters. The van der Waals surface area contributed by atoms with Crippen molar-refractivity contribution in [1.29, 1.82) is 0 Å². The highest BCUT2D eigenvalue weighted by atomic mass is 35.5. The molecule has 2 fully saturated rings. The Bertz CT molecular complexity index is 247. The fraction of sp³-hybridized carbons (Fsp3) is 0.917. The first-order valence-corrected chi connectivity index (χ1v) is 7.51. The number of nitrogens with zero attached hydrogens (tertiary/aromatic N) is 1. The minimum atomic E-state index is 0. The maximum absolute atomic E-state index is 12.2. The Labute approximate surface area is 114 Å². The van der Waals surface area contributed by atoms with E-state index in [2.05, 4.69) is 17.1 Å². The number of carbonyl (C=O) groups is 1. The first-order chi connectivity index (χ1) is 7.77. The van der Waals surface area contributed by atoms with Gasteiger partial charge in [-0.2, -0.15) is 11.8 Å². The van der Waals surface area contributed by atoms with Gasteiger partial charge in [0.1, 0.15) is 0 Å². The summed E-state index contributed by atoms with van der Waals surface area (Å²) in [6, 6.07) is 0.438. The van der Waals surface area contributed by atoms with Crippen LogP contribution in [0.4, 0.5) is 0 Å². The molecule has 0 aromatic carbocycles. The van der Waals surface area contributed by atoms with E-state index in [-0.39, 0.29) is 12.4 Å². The normalized spacial score (nSPS) is 26.4. The number of thioether (sulfide) groups is 1. The third kappa shape index (κ3) is 4.34. The highest BCUT2D eigenvalue weighted by Gasteiger charge is 2.26. The maximum Gasteiger partial charge on any atom is 0.223 e. The first-order valence-electron chi connectivity index (χ1n) is 6.35. The van der Waals surface area contributed by atoms with Crippen LogP contribution < -0.4 is 5.32 Å². The molecule has 100 valence electrons. The average molecular weight is 279 g/mol. The number of carbonyl (C=O) groups excluding carboxylic acids is 1. The van der Waals surface area contributed by atoms with Crippen LogP contribution in [0.25, 0.3) is 0 Å². The van der Waals surface area contributed by atoms with Gasteiger partial charge in [0.15, 0.2) is 0 Å². The van der Waals surface area contributed by atoms with Crippen molar-refractivity contribution in [2.24, 2.45) is 5.92 Å². The second kappa shape index (κ2) is 7.49. The number of nitrogens with one attached hydrogen (secondary N) is 1. The van der Waals surface area contributed by atoms with E-state index in [0.717, 1.165) is 37.6 Å². The Morgan fingerprint density at radius 3 is 2.76 bits per heavy atom. The van der Waals surface area contributed by atoms with E-state index in [1.807, 2.05) is 11.8 Å². The third-order valence-electron chi connectivity index (χ3n) is 3.61. The standard InChI is InChI=1S/C12H22N2OS.ClH/c1-10-9-16-7-6-14(10)12(15)8-11-2-4-13-5-3-11;/h10-11,13H,2-9H2,1H3;1H. The summed E-state index contributed by atoms with van der Waals surface area (Å²) in [4.78, 5) is 14.3. The summed E-state index contributed by atoms with van der Waals surface area (Å²) in [5.41, 5.74) is 0. The summed E-state index contributed by atoms with van der Waals surface area (Å²) in [5, 5.41) is 3.35. The SMILES string of the molecule is CC1CSCCN1C(=O)CC1CCNCC1.Cl. The number of hydrogen-bond donors (Lipinski definition) is 1. The predicted octanol–water partition coefficient (Wildman–Crippen LogP) is 1.76. The number of hydrogen-bond acceptors (Lipinski definition) is 3. The lowest BCUT2D eigenvalue weighted by Crippen LogP contribution is -2.45. The number of piperidine rings is 1. The van der Waals surface area contributed by atoms with Crippen LogP contribution in [0.2, 0.25) is 0 Å². The van der Waals surface area contributed by atoms with Crippen molar-refractivity contribution in [3.63, 3.8) is 0 Å². The molecule has 2 rings (SSSR count). The van der Waals surface area contributed by atoms with E-state index >= 15 is 0 Å². The molecule has 0 radical (unpaired) electrons. The molecule has 1 N–H and O–H groups in total. The molecule has 1 amide bonds. The van der Waals surface area contributed by atoms with Crippen LogP contribution in [0.1, 0.15) is 26.2 Å². The quantitative estimate of drug-likeness (QED) is 0.835. The average Bonchev–Trinajstić information content (AvgIpc) is 2.31. The molecule has 5 heteroatoms. The van der Waals surface area contributed by atoms with Gasteiger partial charge in [-0.05, 0) is 38.8 Å². The largest absolute Gasteiger partial charge is 0.338 e. The van der Waals surface area contributed by atoms with Gasteiger partial charge in [0, 0.05) is 30.5 Å². The Hall–Kier alpha value is 0.0700. The second-order valence-corrected chi connectivity index (χ2v) is 6.06. The monoisotopic (exact) mass is 278 g/mol. The lowest BCUT2D eigenvalue weighted by molar-refractivity contribution is -0.133. The molecular formula is C12H23ClN2OS. The zero-order valence-electron chi connectivity index (χ0n) is 10.5. The van der Waals surface area contributed by atoms with Crippen molar-refractivity contribution in [3.8, 4) is 0 Å². The van der Waals surface area contributed by atoms with Crippen LogP contribution in [-0.4, -0.2) is 48.0 Å². The molecule has 0 aromatic rings. The van der Waals surface area contributed by atoms with Crippen molar-refractivity contribution in [2.45, 2.75) is 32.2 Å². The lowest BCUT2D eigenvalue weighted by atomic mass is 9.94. The number of rotatable bonds is 2. The molecule has 0 aromatic heterocycles. The molecule has 2 aliphatic heterocycles. The molecule has 1 atom stereocenters. The molecule has 2 heterocycles. The lowest BCUT2D eigenvalue weighted by Gasteiger charge is -2.34. The van der Waals surface area contributed by atoms with E-state index in [0.29, 0.717) is 17.9 Å². The van der Waals surface area contributed by atoms with E-state index in [1.54, 1.807) is 0 Å². The molecule has 2 aliphatic rings. The third-order valence-corrected chi connectivity index (χ3v) is 4.80. The molecule has 17 heavy (non-hydrogen) atoms. The van der Waals surface area contributed by atoms with Crippen molar-refractivity contribution in [2.75, 3.05) is 31.1 Å². The highest BCUT2D eigenvalue weighted by molar-refractivity contribution is 7.99. The van der Waals surface area contributed by atoms with Crippen LogP contribution in [0.3, 0.4) is 0 Å². The highest BCUT2D eigenvalue weighted by Crippen LogP contribution is 2.21. The van der Waals surface area contributed by atoms with Crippen molar-refractivity contribution < 1.29 is 4.79 Å². The molecular weight excluding hydrogens is 256 g/mol. The van der Waals surface area contributed by atoms with Gasteiger partial charge in [-0.3, -0.25) is 4.79 Å². The van der Waals surface area contributed by atoms with Crippen LogP contribution in [-0.2, 0) is 4.79 Å². The van der Waals surface area contributed by atoms with Gasteiger partial charge in [-0.15, -0.1) is 12.4 Å². The van der Waals surface area contributed by atoms with E-state index in [9.17, 15) is 4.79 Å². The first kappa shape index (κ1) is 15.1. The van der Waals surface area contributed by atoms with Gasteiger partial charge in [0.25, 0.3) is 0 Å². The van der Waals surface area contributed by atoms with Crippen LogP contribution in [0.5, 0.6) is 0 Å². The molecule has 2 saturated heterocycles. The Balaban J connectivity index is 0.00000144. The zero-order valence-corrected chi connectivity index (χ0v) is 12.1. The van der Waals surface area contributed by atoms with E-state index < -0.39 is 0 Å². The number of amides is 1. The Morgan fingerprint density at radius 2 is 2.12 bits per heavy atom. The minimum absolute atomic E-state index is 0. The molecule has 0 saturated carbocycles. The second-order valence-electron chi connectivity index (χ2n) is 4.91. The smallest absolute Gasteiger partial charge is 0.223 e. The molecule has 0 bridgehead atoms. The predicted molar refractivity (Wildman–Crippen MR) is 76.0 cm³/mol. The van der Waals surface area contributed by atoms with Gasteiger partial charge >= 0.3 is 0 Å². The van der Waals surface area contributed by atoms with Crippen molar-refractivity contribution >= 4 is 30.1 Å². The van der Waals surface area contributed by atoms with Crippen LogP contribution >= 0.6 is 24.2 Å². The Kier molecular flexibility index (Phi) is 6.67. The van der Waals surface area contributed by atoms with Crippen LogP contribution in [0, 0.1) is 5.92 Å². The fourth-order valence-corrected chi connectivity index (χ4v) is 3.56. The van der Waals surface area contributed by atoms with Gasteiger partial charge in [-0.25, -0.2) is 0 Å². The minimum Gasteiger partial charge on any atom is -0.338 e. The summed E-state index contributed by atoms with van der Waals surface area (Å²) in [5.74, 6) is 3.23. The van der Waals surface area contributed by atoms with Gasteiger partial charge < -0.3 is 10.2 Å². The van der Waals surface area contributed by atoms with E-state index in [4.69, 9.17) is 0 Å². The van der Waals surface area contributed by atoms with Gasteiger partial charge in [-0.1, -0.05) is 0 Å². The molecule has 0 spiro atoms. The van der Waals surface area contributed by atoms with Gasteiger partial charge in [0.05, 0.1) is 0 Å². The summed E-state index contributed by atoms with van der Waals surface area (Å²) in [6.07, 6.45) is 3.11. The van der Waals surface area contributed by atoms with Crippen molar-refractivity contribution in [1.82, 2.24) is 10.2 Å². The summed E-state index contributed by atoms with van der Waals surface area (Å²) in [6.45, 7) is 5.30. The molecule has 0 aliphatic carbocycles. The Morgan fingerprint density at radius 1 is 1.41 bits per heavy atom. The summed E-state index contributed by atoms with van der Waals surface area (Å²) < 4.78 is 0. The van der Waals surface area contributed by atoms with Crippen LogP contribution in [0.15, 0.2) is 0 Å². The summed E-state index contributed by atoms with van der Waals surface area (Å²) in [7, 11) is 0.